The molecule has 0 heterocycles. The maximum Gasteiger partial charge on any atom is 0.0238 e. The van der Waals surface area contributed by atoms with Gasteiger partial charge in [-0.3, -0.25) is 0 Å². The second-order valence-corrected chi connectivity index (χ2v) is 4.93. The minimum atomic E-state index is 0.176. The predicted octanol–water partition coefficient (Wildman–Crippen LogP) is 3.73. The van der Waals surface area contributed by atoms with Gasteiger partial charge < -0.3 is 0 Å². The SMILES string of the molecule is CC1=C(Cl)C(C)(C)C2C=CC1C2. The average molecular weight is 183 g/mol. The van der Waals surface area contributed by atoms with Gasteiger partial charge in [-0.15, -0.1) is 0 Å². The van der Waals surface area contributed by atoms with Gasteiger partial charge in [0.25, 0.3) is 0 Å². The molecule has 12 heavy (non-hydrogen) atoms. The fourth-order valence-electron chi connectivity index (χ4n) is 2.39. The van der Waals surface area contributed by atoms with E-state index in [-0.39, 0.29) is 5.41 Å². The Morgan fingerprint density at radius 2 is 2.08 bits per heavy atom. The van der Waals surface area contributed by atoms with E-state index in [0.29, 0.717) is 11.8 Å². The highest BCUT2D eigenvalue weighted by atomic mass is 35.5. The normalized spacial score (nSPS) is 37.7. The first-order chi connectivity index (χ1) is 5.53. The van der Waals surface area contributed by atoms with Crippen molar-refractivity contribution >= 4 is 11.6 Å². The summed E-state index contributed by atoms with van der Waals surface area (Å²) < 4.78 is 0. The molecule has 1 heteroatoms. The molecule has 2 atom stereocenters. The number of hydrogen-bond donors (Lipinski definition) is 0. The Bertz CT molecular complexity index is 271. The summed E-state index contributed by atoms with van der Waals surface area (Å²) in [5.74, 6) is 1.30. The second-order valence-electron chi connectivity index (χ2n) is 4.55. The van der Waals surface area contributed by atoms with Gasteiger partial charge in [-0.05, 0) is 25.2 Å². The van der Waals surface area contributed by atoms with E-state index in [2.05, 4.69) is 32.9 Å². The zero-order chi connectivity index (χ0) is 8.93. The molecular weight excluding hydrogens is 168 g/mol. The number of fused-ring (bicyclic) bond motifs is 2. The van der Waals surface area contributed by atoms with Crippen LogP contribution < -0.4 is 0 Å². The first-order valence-corrected chi connectivity index (χ1v) is 4.96. The third-order valence-electron chi connectivity index (χ3n) is 3.48. The Balaban J connectivity index is 2.51. The van der Waals surface area contributed by atoms with Gasteiger partial charge in [-0.2, -0.15) is 0 Å². The van der Waals surface area contributed by atoms with Crippen molar-refractivity contribution in [2.75, 3.05) is 0 Å². The summed E-state index contributed by atoms with van der Waals surface area (Å²) in [5.41, 5.74) is 1.56. The molecule has 2 bridgehead atoms. The van der Waals surface area contributed by atoms with Crippen LogP contribution in [0, 0.1) is 17.3 Å². The van der Waals surface area contributed by atoms with E-state index in [1.54, 1.807) is 0 Å². The summed E-state index contributed by atoms with van der Waals surface area (Å²) >= 11 is 6.33. The molecule has 0 nitrogen and oxygen atoms in total. The van der Waals surface area contributed by atoms with Crippen molar-refractivity contribution < 1.29 is 0 Å². The molecule has 0 aromatic heterocycles. The van der Waals surface area contributed by atoms with Crippen LogP contribution in [0.1, 0.15) is 27.2 Å². The number of hydrogen-bond acceptors (Lipinski definition) is 0. The summed E-state index contributed by atoms with van der Waals surface area (Å²) in [6, 6.07) is 0. The van der Waals surface area contributed by atoms with Crippen LogP contribution >= 0.6 is 11.6 Å². The summed E-state index contributed by atoms with van der Waals surface area (Å²) in [4.78, 5) is 0. The van der Waals surface area contributed by atoms with Crippen LogP contribution in [0.4, 0.5) is 0 Å². The van der Waals surface area contributed by atoms with E-state index in [1.807, 2.05) is 0 Å². The lowest BCUT2D eigenvalue weighted by molar-refractivity contribution is 0.292. The third kappa shape index (κ3) is 0.908. The Kier molecular flexibility index (Phi) is 1.66. The minimum absolute atomic E-state index is 0.176. The molecule has 0 radical (unpaired) electrons. The Labute approximate surface area is 79.3 Å². The fourth-order valence-corrected chi connectivity index (χ4v) is 2.67. The molecule has 0 spiro atoms. The van der Waals surface area contributed by atoms with Crippen molar-refractivity contribution in [1.82, 2.24) is 0 Å². The largest absolute Gasteiger partial charge is 0.0886 e. The zero-order valence-corrected chi connectivity index (χ0v) is 8.65. The van der Waals surface area contributed by atoms with E-state index >= 15 is 0 Å². The molecule has 66 valence electrons. The molecule has 0 aromatic carbocycles. The predicted molar refractivity (Wildman–Crippen MR) is 53.1 cm³/mol. The van der Waals surface area contributed by atoms with Crippen molar-refractivity contribution in [2.24, 2.45) is 17.3 Å². The fraction of sp³-hybridized carbons (Fsp3) is 0.636. The second kappa shape index (κ2) is 2.38. The van der Waals surface area contributed by atoms with Gasteiger partial charge in [0, 0.05) is 10.4 Å². The first-order valence-electron chi connectivity index (χ1n) is 4.58. The van der Waals surface area contributed by atoms with Crippen LogP contribution in [0.3, 0.4) is 0 Å². The molecule has 0 aliphatic heterocycles. The van der Waals surface area contributed by atoms with Gasteiger partial charge >= 0.3 is 0 Å². The molecule has 2 rings (SSSR count). The van der Waals surface area contributed by atoms with Crippen LogP contribution in [-0.4, -0.2) is 0 Å². The summed E-state index contributed by atoms with van der Waals surface area (Å²) in [5, 5.41) is 1.09. The van der Waals surface area contributed by atoms with Gasteiger partial charge in [-0.1, -0.05) is 43.2 Å². The summed E-state index contributed by atoms with van der Waals surface area (Å²) in [7, 11) is 0. The Morgan fingerprint density at radius 3 is 2.75 bits per heavy atom. The molecule has 0 N–H and O–H groups in total. The van der Waals surface area contributed by atoms with Crippen LogP contribution in [0.25, 0.3) is 0 Å². The molecule has 0 fully saturated rings. The summed E-state index contributed by atoms with van der Waals surface area (Å²) in [6.07, 6.45) is 5.93. The maximum absolute atomic E-state index is 6.33. The van der Waals surface area contributed by atoms with Gasteiger partial charge in [0.1, 0.15) is 0 Å². The highest BCUT2D eigenvalue weighted by molar-refractivity contribution is 6.30. The van der Waals surface area contributed by atoms with Crippen LogP contribution in [0.5, 0.6) is 0 Å². The molecule has 2 aliphatic carbocycles. The monoisotopic (exact) mass is 182 g/mol. The van der Waals surface area contributed by atoms with Gasteiger partial charge in [0.2, 0.25) is 0 Å². The maximum atomic E-state index is 6.33. The van der Waals surface area contributed by atoms with Crippen molar-refractivity contribution in [3.63, 3.8) is 0 Å². The molecule has 0 amide bonds. The first kappa shape index (κ1) is 8.37. The smallest absolute Gasteiger partial charge is 0.0238 e. The minimum Gasteiger partial charge on any atom is -0.0886 e. The standard InChI is InChI=1S/C11H15Cl/c1-7-8-4-5-9(6-8)11(2,3)10(7)12/h4-5,8-9H,6H2,1-3H3. The Morgan fingerprint density at radius 1 is 1.42 bits per heavy atom. The average Bonchev–Trinajstić information content (AvgIpc) is 2.46. The lowest BCUT2D eigenvalue weighted by atomic mass is 9.71. The van der Waals surface area contributed by atoms with Gasteiger partial charge in [0.05, 0.1) is 0 Å². The lowest BCUT2D eigenvalue weighted by Crippen LogP contribution is -2.27. The molecular formula is C11H15Cl. The van der Waals surface area contributed by atoms with Crippen molar-refractivity contribution in [2.45, 2.75) is 27.2 Å². The number of halogens is 1. The van der Waals surface area contributed by atoms with Crippen molar-refractivity contribution in [3.05, 3.63) is 22.8 Å². The molecule has 2 aliphatic rings. The van der Waals surface area contributed by atoms with Crippen LogP contribution in [0.15, 0.2) is 22.8 Å². The van der Waals surface area contributed by atoms with E-state index in [1.165, 1.54) is 12.0 Å². The zero-order valence-electron chi connectivity index (χ0n) is 7.89. The quantitative estimate of drug-likeness (QED) is 0.501. The van der Waals surface area contributed by atoms with E-state index in [4.69, 9.17) is 11.6 Å². The number of allylic oxidation sites excluding steroid dienone is 4. The molecule has 0 saturated heterocycles. The Hall–Kier alpha value is -0.230. The van der Waals surface area contributed by atoms with E-state index < -0.39 is 0 Å². The highest BCUT2D eigenvalue weighted by Crippen LogP contribution is 2.52. The molecule has 0 saturated carbocycles. The van der Waals surface area contributed by atoms with E-state index in [9.17, 15) is 0 Å². The van der Waals surface area contributed by atoms with Crippen molar-refractivity contribution in [3.8, 4) is 0 Å². The number of rotatable bonds is 0. The van der Waals surface area contributed by atoms with Crippen LogP contribution in [0.2, 0.25) is 0 Å². The third-order valence-corrected chi connectivity index (χ3v) is 4.26. The van der Waals surface area contributed by atoms with E-state index in [0.717, 1.165) is 5.03 Å². The van der Waals surface area contributed by atoms with Crippen molar-refractivity contribution in [1.29, 1.82) is 0 Å². The van der Waals surface area contributed by atoms with Gasteiger partial charge in [0.15, 0.2) is 0 Å². The summed E-state index contributed by atoms with van der Waals surface area (Å²) in [6.45, 7) is 6.66. The highest BCUT2D eigenvalue weighted by Gasteiger charge is 2.41. The topological polar surface area (TPSA) is 0 Å². The molecule has 0 aromatic rings. The molecule has 2 unspecified atom stereocenters. The van der Waals surface area contributed by atoms with Gasteiger partial charge in [-0.25, -0.2) is 0 Å². The lowest BCUT2D eigenvalue weighted by Gasteiger charge is -2.37. The van der Waals surface area contributed by atoms with Crippen LogP contribution in [-0.2, 0) is 0 Å².